The van der Waals surface area contributed by atoms with E-state index in [1.165, 1.54) is 12.3 Å². The van der Waals surface area contributed by atoms with Crippen molar-refractivity contribution < 1.29 is 13.6 Å². The lowest BCUT2D eigenvalue weighted by molar-refractivity contribution is 0.0949. The summed E-state index contributed by atoms with van der Waals surface area (Å²) in [6.07, 6.45) is 3.31. The number of rotatable bonds is 5. The van der Waals surface area contributed by atoms with Crippen molar-refractivity contribution in [3.63, 3.8) is 0 Å². The minimum Gasteiger partial charge on any atom is -0.467 e. The maximum atomic E-state index is 13.3. The third kappa shape index (κ3) is 2.83. The van der Waals surface area contributed by atoms with Gasteiger partial charge in [0, 0.05) is 12.0 Å². The molecule has 1 heterocycles. The van der Waals surface area contributed by atoms with Gasteiger partial charge >= 0.3 is 0 Å². The summed E-state index contributed by atoms with van der Waals surface area (Å²) < 4.78 is 18.5. The van der Waals surface area contributed by atoms with Crippen LogP contribution < -0.4 is 11.1 Å². The second kappa shape index (κ2) is 5.33. The summed E-state index contributed by atoms with van der Waals surface area (Å²) in [5.41, 5.74) is 6.72. The fourth-order valence-corrected chi connectivity index (χ4v) is 2.50. The molecule has 1 amide bonds. The van der Waals surface area contributed by atoms with Crippen LogP contribution in [0.3, 0.4) is 0 Å². The van der Waals surface area contributed by atoms with E-state index < -0.39 is 0 Å². The molecule has 0 saturated heterocycles. The number of halogens is 1. The lowest BCUT2D eigenvalue weighted by Gasteiger charge is -2.16. The van der Waals surface area contributed by atoms with Crippen LogP contribution in [0.25, 0.3) is 0 Å². The molecule has 0 spiro atoms. The van der Waals surface area contributed by atoms with Gasteiger partial charge in [0.15, 0.2) is 0 Å². The number of hydrogen-bond acceptors (Lipinski definition) is 3. The van der Waals surface area contributed by atoms with Crippen LogP contribution >= 0.6 is 0 Å². The van der Waals surface area contributed by atoms with E-state index in [-0.39, 0.29) is 23.7 Å². The third-order valence-corrected chi connectivity index (χ3v) is 4.00. The van der Waals surface area contributed by atoms with Gasteiger partial charge in [-0.05, 0) is 36.6 Å². The Morgan fingerprint density at radius 1 is 1.38 bits per heavy atom. The Morgan fingerprint density at radius 3 is 2.81 bits per heavy atom. The molecule has 1 fully saturated rings. The Bertz CT molecular complexity index is 662. The van der Waals surface area contributed by atoms with Crippen LogP contribution in [0.4, 0.5) is 4.39 Å². The average Bonchev–Trinajstić information content (AvgIpc) is 3.13. The number of nitrogens with one attached hydrogen (secondary N) is 1. The molecule has 1 aliphatic rings. The quantitative estimate of drug-likeness (QED) is 0.887. The maximum Gasteiger partial charge on any atom is 0.254 e. The summed E-state index contributed by atoms with van der Waals surface area (Å²) in [6, 6.07) is 8.22. The summed E-state index contributed by atoms with van der Waals surface area (Å²) in [6.45, 7) is 0.763. The summed E-state index contributed by atoms with van der Waals surface area (Å²) >= 11 is 0. The van der Waals surface area contributed by atoms with Gasteiger partial charge in [-0.25, -0.2) is 4.39 Å². The topological polar surface area (TPSA) is 68.3 Å². The first kappa shape index (κ1) is 13.8. The minimum absolute atomic E-state index is 0.127. The second-order valence-corrected chi connectivity index (χ2v) is 5.48. The number of nitrogens with two attached hydrogens (primary N) is 1. The van der Waals surface area contributed by atoms with E-state index in [1.807, 2.05) is 6.07 Å². The van der Waals surface area contributed by atoms with Crippen molar-refractivity contribution in [1.29, 1.82) is 0 Å². The highest BCUT2D eigenvalue weighted by molar-refractivity contribution is 5.94. The van der Waals surface area contributed by atoms with E-state index in [0.717, 1.165) is 18.4 Å². The van der Waals surface area contributed by atoms with Gasteiger partial charge in [0.25, 0.3) is 5.91 Å². The predicted molar refractivity (Wildman–Crippen MR) is 76.2 cm³/mol. The predicted octanol–water partition coefficient (Wildman–Crippen LogP) is 2.34. The van der Waals surface area contributed by atoms with Crippen LogP contribution in [-0.4, -0.2) is 12.5 Å². The Balaban J connectivity index is 1.66. The fourth-order valence-electron chi connectivity index (χ4n) is 2.50. The van der Waals surface area contributed by atoms with Crippen molar-refractivity contribution in [3.05, 3.63) is 59.3 Å². The van der Waals surface area contributed by atoms with E-state index in [2.05, 4.69) is 5.32 Å². The zero-order valence-corrected chi connectivity index (χ0v) is 11.6. The maximum absolute atomic E-state index is 13.3. The highest BCUT2D eigenvalue weighted by atomic mass is 19.1. The minimum atomic E-state index is -0.243. The van der Waals surface area contributed by atoms with Crippen molar-refractivity contribution in [3.8, 4) is 0 Å². The molecule has 5 heteroatoms. The Morgan fingerprint density at radius 2 is 2.19 bits per heavy atom. The fraction of sp³-hybridized carbons (Fsp3) is 0.312. The van der Waals surface area contributed by atoms with Crippen LogP contribution in [-0.2, 0) is 12.0 Å². The van der Waals surface area contributed by atoms with Gasteiger partial charge < -0.3 is 15.5 Å². The molecule has 0 atom stereocenters. The smallest absolute Gasteiger partial charge is 0.254 e. The Kier molecular flexibility index (Phi) is 3.51. The zero-order valence-electron chi connectivity index (χ0n) is 11.6. The molecule has 0 aliphatic heterocycles. The first-order chi connectivity index (χ1) is 10.1. The highest BCUT2D eigenvalue weighted by Crippen LogP contribution is 2.47. The molecule has 0 unspecified atom stereocenters. The third-order valence-electron chi connectivity index (χ3n) is 4.00. The zero-order chi connectivity index (χ0) is 14.9. The van der Waals surface area contributed by atoms with Crippen molar-refractivity contribution in [2.45, 2.75) is 24.8 Å². The number of benzene rings is 1. The number of carbonyl (C=O) groups excluding carboxylic acids is 1. The summed E-state index contributed by atoms with van der Waals surface area (Å²) in [5.74, 6) is 0.139. The van der Waals surface area contributed by atoms with Gasteiger partial charge in [-0.2, -0.15) is 0 Å². The molecule has 110 valence electrons. The molecule has 3 N–H and O–H groups in total. The van der Waals surface area contributed by atoms with Crippen LogP contribution in [0, 0.1) is 5.82 Å². The SMILES string of the molecule is NCc1cc(C(=O)NCC2(c3cccc(F)c3)CC2)co1. The highest BCUT2D eigenvalue weighted by Gasteiger charge is 2.44. The lowest BCUT2D eigenvalue weighted by Crippen LogP contribution is -2.32. The first-order valence-corrected chi connectivity index (χ1v) is 6.95. The van der Waals surface area contributed by atoms with Crippen LogP contribution in [0.5, 0.6) is 0 Å². The number of carbonyl (C=O) groups is 1. The van der Waals surface area contributed by atoms with E-state index >= 15 is 0 Å². The van der Waals surface area contributed by atoms with Crippen LogP contribution in [0.15, 0.2) is 41.0 Å². The molecule has 1 saturated carbocycles. The standard InChI is InChI=1S/C16H17FN2O2/c17-13-3-1-2-12(7-13)16(4-5-16)10-19-15(20)11-6-14(8-18)21-9-11/h1-3,6-7,9H,4-5,8,10,18H2,(H,19,20). The molecule has 21 heavy (non-hydrogen) atoms. The number of furan rings is 1. The monoisotopic (exact) mass is 288 g/mol. The van der Waals surface area contributed by atoms with E-state index in [1.54, 1.807) is 18.2 Å². The largest absolute Gasteiger partial charge is 0.467 e. The molecular formula is C16H17FN2O2. The Hall–Kier alpha value is -2.14. The van der Waals surface area contributed by atoms with Crippen molar-refractivity contribution >= 4 is 5.91 Å². The van der Waals surface area contributed by atoms with Crippen LogP contribution in [0.1, 0.15) is 34.5 Å². The van der Waals surface area contributed by atoms with E-state index in [9.17, 15) is 9.18 Å². The van der Waals surface area contributed by atoms with E-state index in [0.29, 0.717) is 17.9 Å². The molecule has 2 aromatic rings. The normalized spacial score (nSPS) is 15.7. The molecule has 3 rings (SSSR count). The lowest BCUT2D eigenvalue weighted by atomic mass is 9.96. The molecular weight excluding hydrogens is 271 g/mol. The number of amides is 1. The van der Waals surface area contributed by atoms with Crippen molar-refractivity contribution in [1.82, 2.24) is 5.32 Å². The summed E-state index contributed by atoms with van der Waals surface area (Å²) in [7, 11) is 0. The van der Waals surface area contributed by atoms with Crippen molar-refractivity contribution in [2.75, 3.05) is 6.54 Å². The molecule has 1 aromatic carbocycles. The van der Waals surface area contributed by atoms with Gasteiger partial charge in [0.05, 0.1) is 12.1 Å². The Labute approximate surface area is 122 Å². The van der Waals surface area contributed by atoms with Gasteiger partial charge in [-0.3, -0.25) is 4.79 Å². The molecule has 0 radical (unpaired) electrons. The van der Waals surface area contributed by atoms with Gasteiger partial charge in [0.1, 0.15) is 17.8 Å². The molecule has 1 aromatic heterocycles. The van der Waals surface area contributed by atoms with Gasteiger partial charge in [0.2, 0.25) is 0 Å². The average molecular weight is 288 g/mol. The molecule has 1 aliphatic carbocycles. The summed E-state index contributed by atoms with van der Waals surface area (Å²) in [5, 5.41) is 2.89. The van der Waals surface area contributed by atoms with Gasteiger partial charge in [-0.15, -0.1) is 0 Å². The second-order valence-electron chi connectivity index (χ2n) is 5.48. The molecule has 4 nitrogen and oxygen atoms in total. The number of hydrogen-bond donors (Lipinski definition) is 2. The molecule has 0 bridgehead atoms. The van der Waals surface area contributed by atoms with Crippen LogP contribution in [0.2, 0.25) is 0 Å². The summed E-state index contributed by atoms with van der Waals surface area (Å²) in [4.78, 5) is 12.1. The first-order valence-electron chi connectivity index (χ1n) is 6.95. The van der Waals surface area contributed by atoms with E-state index in [4.69, 9.17) is 10.2 Å². The van der Waals surface area contributed by atoms with Gasteiger partial charge in [-0.1, -0.05) is 12.1 Å². The van der Waals surface area contributed by atoms with Crippen molar-refractivity contribution in [2.24, 2.45) is 5.73 Å².